The van der Waals surface area contributed by atoms with Crippen LogP contribution < -0.4 is 5.32 Å². The van der Waals surface area contributed by atoms with E-state index in [9.17, 15) is 9.18 Å². The van der Waals surface area contributed by atoms with E-state index < -0.39 is 0 Å². The molecule has 2 aromatic carbocycles. The van der Waals surface area contributed by atoms with Gasteiger partial charge in [-0.05, 0) is 49.7 Å². The maximum atomic E-state index is 12.8. The van der Waals surface area contributed by atoms with Gasteiger partial charge in [-0.15, -0.1) is 11.8 Å². The smallest absolute Gasteiger partial charge is 0.225 e. The van der Waals surface area contributed by atoms with Crippen molar-refractivity contribution in [2.45, 2.75) is 25.2 Å². The van der Waals surface area contributed by atoms with Crippen LogP contribution in [0.5, 0.6) is 0 Å². The molecule has 0 fully saturated rings. The van der Waals surface area contributed by atoms with Gasteiger partial charge < -0.3 is 5.32 Å². The molecular weight excluding hydrogens is 285 g/mol. The Hall–Kier alpha value is -1.81. The fraction of sp³-hybridized carbons (Fsp3) is 0.235. The van der Waals surface area contributed by atoms with Crippen molar-refractivity contribution in [2.75, 3.05) is 11.1 Å². The van der Waals surface area contributed by atoms with Gasteiger partial charge in [0.05, 0.1) is 0 Å². The molecule has 1 amide bonds. The Morgan fingerprint density at radius 1 is 1.14 bits per heavy atom. The third-order valence-electron chi connectivity index (χ3n) is 3.07. The Labute approximate surface area is 128 Å². The Bertz CT molecular complexity index is 625. The summed E-state index contributed by atoms with van der Waals surface area (Å²) in [5, 5.41) is 2.92. The molecule has 4 heteroatoms. The summed E-state index contributed by atoms with van der Waals surface area (Å²) in [6.45, 7) is 4.01. The van der Waals surface area contributed by atoms with E-state index in [2.05, 4.69) is 5.32 Å². The van der Waals surface area contributed by atoms with Crippen molar-refractivity contribution in [1.82, 2.24) is 0 Å². The molecule has 0 saturated carbocycles. The Kier molecular flexibility index (Phi) is 5.39. The van der Waals surface area contributed by atoms with Crippen LogP contribution in [0.15, 0.2) is 47.4 Å². The quantitative estimate of drug-likeness (QED) is 0.820. The third kappa shape index (κ3) is 4.90. The number of amides is 1. The molecule has 0 saturated heterocycles. The van der Waals surface area contributed by atoms with Gasteiger partial charge in [0, 0.05) is 22.8 Å². The molecule has 21 heavy (non-hydrogen) atoms. The van der Waals surface area contributed by atoms with E-state index in [1.54, 1.807) is 23.9 Å². The van der Waals surface area contributed by atoms with E-state index in [0.717, 1.165) is 16.1 Å². The van der Waals surface area contributed by atoms with Gasteiger partial charge in [-0.1, -0.05) is 17.7 Å². The molecule has 0 atom stereocenters. The molecular formula is C17H18FNOS. The molecule has 0 aliphatic rings. The van der Waals surface area contributed by atoms with Gasteiger partial charge in [0.25, 0.3) is 0 Å². The van der Waals surface area contributed by atoms with Crippen LogP contribution >= 0.6 is 11.8 Å². The molecule has 0 spiro atoms. The average molecular weight is 303 g/mol. The van der Waals surface area contributed by atoms with Crippen molar-refractivity contribution in [1.29, 1.82) is 0 Å². The number of carbonyl (C=O) groups excluding carboxylic acids is 1. The minimum absolute atomic E-state index is 0.00318. The molecule has 0 aliphatic carbocycles. The molecule has 2 nitrogen and oxygen atoms in total. The van der Waals surface area contributed by atoms with Crippen molar-refractivity contribution in [3.63, 3.8) is 0 Å². The first-order chi connectivity index (χ1) is 10.0. The number of hydrogen-bond donors (Lipinski definition) is 1. The van der Waals surface area contributed by atoms with Crippen LogP contribution in [0, 0.1) is 19.7 Å². The number of hydrogen-bond acceptors (Lipinski definition) is 2. The lowest BCUT2D eigenvalue weighted by Gasteiger charge is -2.09. The van der Waals surface area contributed by atoms with Crippen molar-refractivity contribution < 1.29 is 9.18 Å². The summed E-state index contributed by atoms with van der Waals surface area (Å²) >= 11 is 1.55. The van der Waals surface area contributed by atoms with E-state index in [4.69, 9.17) is 0 Å². The van der Waals surface area contributed by atoms with Gasteiger partial charge in [0.1, 0.15) is 5.82 Å². The molecule has 2 rings (SSSR count). The fourth-order valence-corrected chi connectivity index (χ4v) is 2.81. The van der Waals surface area contributed by atoms with Gasteiger partial charge in [-0.2, -0.15) is 0 Å². The van der Waals surface area contributed by atoms with Crippen LogP contribution in [-0.2, 0) is 4.79 Å². The number of halogens is 1. The van der Waals surface area contributed by atoms with Crippen LogP contribution in [0.1, 0.15) is 17.5 Å². The van der Waals surface area contributed by atoms with Crippen LogP contribution in [0.4, 0.5) is 10.1 Å². The van der Waals surface area contributed by atoms with Crippen LogP contribution in [0.25, 0.3) is 0 Å². The van der Waals surface area contributed by atoms with E-state index in [1.807, 2.05) is 32.0 Å². The van der Waals surface area contributed by atoms with E-state index >= 15 is 0 Å². The predicted octanol–water partition coefficient (Wildman–Crippen LogP) is 4.56. The minimum atomic E-state index is -0.244. The van der Waals surface area contributed by atoms with Crippen LogP contribution in [0.2, 0.25) is 0 Å². The normalized spacial score (nSPS) is 10.4. The lowest BCUT2D eigenvalue weighted by atomic mass is 10.1. The zero-order valence-corrected chi connectivity index (χ0v) is 13.0. The van der Waals surface area contributed by atoms with Crippen molar-refractivity contribution in [3.05, 3.63) is 59.4 Å². The summed E-state index contributed by atoms with van der Waals surface area (Å²) in [5.74, 6) is 0.422. The highest BCUT2D eigenvalue weighted by atomic mass is 32.2. The summed E-state index contributed by atoms with van der Waals surface area (Å²) in [7, 11) is 0. The average Bonchev–Trinajstić information content (AvgIpc) is 2.44. The molecule has 0 heterocycles. The third-order valence-corrected chi connectivity index (χ3v) is 4.08. The number of thioether (sulfide) groups is 1. The fourth-order valence-electron chi connectivity index (χ4n) is 1.96. The monoisotopic (exact) mass is 303 g/mol. The summed E-state index contributed by atoms with van der Waals surface area (Å²) < 4.78 is 12.8. The standard InChI is InChI=1S/C17H18FNOS/c1-12-3-8-16(13(2)11-12)19-17(20)9-10-21-15-6-4-14(18)5-7-15/h3-8,11H,9-10H2,1-2H3,(H,19,20). The molecule has 2 aromatic rings. The van der Waals surface area contributed by atoms with E-state index in [-0.39, 0.29) is 11.7 Å². The minimum Gasteiger partial charge on any atom is -0.326 e. The summed E-state index contributed by atoms with van der Waals surface area (Å²) in [5.41, 5.74) is 3.10. The van der Waals surface area contributed by atoms with Crippen LogP contribution in [0.3, 0.4) is 0 Å². The highest BCUT2D eigenvalue weighted by Gasteiger charge is 2.05. The Balaban J connectivity index is 1.81. The largest absolute Gasteiger partial charge is 0.326 e. The van der Waals surface area contributed by atoms with E-state index in [0.29, 0.717) is 12.2 Å². The molecule has 0 aliphatic heterocycles. The molecule has 0 bridgehead atoms. The highest BCUT2D eigenvalue weighted by Crippen LogP contribution is 2.20. The molecule has 0 unspecified atom stereocenters. The number of aryl methyl sites for hydroxylation is 2. The summed E-state index contributed by atoms with van der Waals surface area (Å²) in [4.78, 5) is 12.9. The van der Waals surface area contributed by atoms with Gasteiger partial charge in [0.15, 0.2) is 0 Å². The highest BCUT2D eigenvalue weighted by molar-refractivity contribution is 7.99. The van der Waals surface area contributed by atoms with Gasteiger partial charge in [-0.25, -0.2) is 4.39 Å². The number of benzene rings is 2. The second-order valence-electron chi connectivity index (χ2n) is 4.92. The maximum absolute atomic E-state index is 12.8. The van der Waals surface area contributed by atoms with Gasteiger partial charge in [0.2, 0.25) is 5.91 Å². The molecule has 1 N–H and O–H groups in total. The molecule has 110 valence electrons. The lowest BCUT2D eigenvalue weighted by molar-refractivity contribution is -0.115. The van der Waals surface area contributed by atoms with Crippen molar-refractivity contribution in [2.24, 2.45) is 0 Å². The predicted molar refractivity (Wildman–Crippen MR) is 86.3 cm³/mol. The molecule has 0 aromatic heterocycles. The van der Waals surface area contributed by atoms with Gasteiger partial charge >= 0.3 is 0 Å². The topological polar surface area (TPSA) is 29.1 Å². The molecule has 0 radical (unpaired) electrons. The zero-order valence-electron chi connectivity index (χ0n) is 12.2. The number of rotatable bonds is 5. The second kappa shape index (κ2) is 7.27. The first kappa shape index (κ1) is 15.6. The Morgan fingerprint density at radius 3 is 2.52 bits per heavy atom. The Morgan fingerprint density at radius 2 is 1.86 bits per heavy atom. The van der Waals surface area contributed by atoms with Gasteiger partial charge in [-0.3, -0.25) is 4.79 Å². The maximum Gasteiger partial charge on any atom is 0.225 e. The second-order valence-corrected chi connectivity index (χ2v) is 6.09. The first-order valence-electron chi connectivity index (χ1n) is 6.80. The first-order valence-corrected chi connectivity index (χ1v) is 7.78. The van der Waals surface area contributed by atoms with Crippen molar-refractivity contribution >= 4 is 23.4 Å². The SMILES string of the molecule is Cc1ccc(NC(=O)CCSc2ccc(F)cc2)c(C)c1. The number of anilines is 1. The number of carbonyl (C=O) groups is 1. The number of nitrogens with one attached hydrogen (secondary N) is 1. The summed E-state index contributed by atoms with van der Waals surface area (Å²) in [6.07, 6.45) is 0.426. The van der Waals surface area contributed by atoms with Crippen LogP contribution in [-0.4, -0.2) is 11.7 Å². The lowest BCUT2D eigenvalue weighted by Crippen LogP contribution is -2.13. The zero-order chi connectivity index (χ0) is 15.2. The van der Waals surface area contributed by atoms with E-state index in [1.165, 1.54) is 17.7 Å². The summed E-state index contributed by atoms with van der Waals surface area (Å²) in [6, 6.07) is 12.3. The van der Waals surface area contributed by atoms with Crippen molar-refractivity contribution in [3.8, 4) is 0 Å².